The summed E-state index contributed by atoms with van der Waals surface area (Å²) in [6, 6.07) is 22.0. The van der Waals surface area contributed by atoms with Gasteiger partial charge in [-0.05, 0) is 40.0 Å². The smallest absolute Gasteiger partial charge is 0.282 e. The number of allylic oxidation sites excluding steroid dienone is 5. The van der Waals surface area contributed by atoms with E-state index in [4.69, 9.17) is 0 Å². The fraction of sp³-hybridized carbons (Fsp3) is 0.0357. The Morgan fingerprint density at radius 3 is 1.94 bits per heavy atom. The number of benzene rings is 3. The van der Waals surface area contributed by atoms with Crippen molar-refractivity contribution in [2.75, 3.05) is 0 Å². The van der Waals surface area contributed by atoms with Gasteiger partial charge in [-0.1, -0.05) is 109 Å². The predicted octanol–water partition coefficient (Wildman–Crippen LogP) is 5.58. The Kier molecular flexibility index (Phi) is 7.41. The Morgan fingerprint density at radius 1 is 0.743 bits per heavy atom. The molecule has 1 atom stereocenters. The third-order valence-electron chi connectivity index (χ3n) is 5.51. The number of hydrogen-bond acceptors (Lipinski definition) is 4. The van der Waals surface area contributed by atoms with Crippen LogP contribution in [0.3, 0.4) is 0 Å². The molecule has 0 aliphatic heterocycles. The van der Waals surface area contributed by atoms with Gasteiger partial charge >= 0.3 is 0 Å². The second-order valence-electron chi connectivity index (χ2n) is 7.86. The zero-order chi connectivity index (χ0) is 24.8. The van der Waals surface area contributed by atoms with Crippen LogP contribution in [0.2, 0.25) is 0 Å². The Balaban J connectivity index is 1.47. The highest BCUT2D eigenvalue weighted by atomic mass is 32.2. The summed E-state index contributed by atoms with van der Waals surface area (Å²) in [5, 5.41) is 0. The molecular weight excluding hydrogens is 480 g/mol. The molecule has 3 aromatic carbocycles. The molecule has 0 fully saturated rings. The lowest BCUT2D eigenvalue weighted by Crippen LogP contribution is -2.10. The molecule has 35 heavy (non-hydrogen) atoms. The fourth-order valence-corrected chi connectivity index (χ4v) is 4.95. The van der Waals surface area contributed by atoms with Crippen LogP contribution < -0.4 is 0 Å². The van der Waals surface area contributed by atoms with Crippen molar-refractivity contribution in [3.05, 3.63) is 120 Å². The first-order chi connectivity index (χ1) is 16.8. The van der Waals surface area contributed by atoms with Crippen molar-refractivity contribution in [1.29, 1.82) is 0 Å². The van der Waals surface area contributed by atoms with Gasteiger partial charge < -0.3 is 0 Å². The average Bonchev–Trinajstić information content (AvgIpc) is 2.86. The Hall–Kier alpha value is -3.78. The zero-order valence-corrected chi connectivity index (χ0v) is 20.2. The molecule has 176 valence electrons. The average molecular weight is 503 g/mol. The van der Waals surface area contributed by atoms with E-state index in [1.165, 1.54) is 6.07 Å². The molecular formula is C28H22O5S2. The first-order valence-corrected chi connectivity index (χ1v) is 13.3. The van der Waals surface area contributed by atoms with Crippen molar-refractivity contribution in [3.63, 3.8) is 0 Å². The molecule has 1 aliphatic rings. The van der Waals surface area contributed by atoms with E-state index in [1.807, 2.05) is 72.8 Å². The molecule has 3 aromatic rings. The van der Waals surface area contributed by atoms with E-state index in [0.717, 1.165) is 22.3 Å². The molecule has 1 N–H and O–H groups in total. The normalized spacial score (nSPS) is 15.8. The molecule has 0 bridgehead atoms. The fourth-order valence-electron chi connectivity index (χ4n) is 3.69. The molecule has 0 spiro atoms. The molecule has 4 rings (SSSR count). The minimum absolute atomic E-state index is 0.131. The quantitative estimate of drug-likeness (QED) is 0.270. The van der Waals surface area contributed by atoms with Crippen molar-refractivity contribution in [2.45, 2.75) is 4.90 Å². The lowest BCUT2D eigenvalue weighted by Gasteiger charge is -2.08. The van der Waals surface area contributed by atoms with E-state index >= 15 is 0 Å². The molecule has 1 aliphatic carbocycles. The molecule has 0 saturated carbocycles. The molecule has 7 heteroatoms. The first kappa shape index (κ1) is 24.3. The Labute approximate surface area is 206 Å². The van der Waals surface area contributed by atoms with Crippen LogP contribution in [-0.2, 0) is 20.4 Å². The van der Waals surface area contributed by atoms with Crippen molar-refractivity contribution in [3.8, 4) is 11.1 Å². The molecule has 0 aromatic heterocycles. The van der Waals surface area contributed by atoms with Crippen LogP contribution in [0.1, 0.15) is 16.7 Å². The lowest BCUT2D eigenvalue weighted by atomic mass is 9.98. The monoisotopic (exact) mass is 502 g/mol. The zero-order valence-electron chi connectivity index (χ0n) is 18.5. The highest BCUT2D eigenvalue weighted by Gasteiger charge is 2.13. The van der Waals surface area contributed by atoms with Crippen LogP contribution in [0.25, 0.3) is 29.4 Å². The van der Waals surface area contributed by atoms with Gasteiger partial charge in [0.1, 0.15) is 4.90 Å². The largest absolute Gasteiger partial charge is 0.295 e. The first-order valence-electron chi connectivity index (χ1n) is 10.8. The van der Waals surface area contributed by atoms with Crippen molar-refractivity contribution in [1.82, 2.24) is 0 Å². The van der Waals surface area contributed by atoms with Crippen LogP contribution in [0, 0.1) is 5.92 Å². The van der Waals surface area contributed by atoms with E-state index in [1.54, 1.807) is 42.5 Å². The molecule has 0 heterocycles. The van der Waals surface area contributed by atoms with Gasteiger partial charge in [-0.15, -0.1) is 0 Å². The highest BCUT2D eigenvalue weighted by molar-refractivity contribution is 7.86. The van der Waals surface area contributed by atoms with Gasteiger partial charge in [-0.25, -0.2) is 0 Å². The summed E-state index contributed by atoms with van der Waals surface area (Å²) in [4.78, 5) is 0.212. The second-order valence-corrected chi connectivity index (χ2v) is 10.2. The number of rotatable bonds is 6. The summed E-state index contributed by atoms with van der Waals surface area (Å²) < 4.78 is 55.2. The van der Waals surface area contributed by atoms with Crippen LogP contribution in [0.15, 0.2) is 108 Å². The summed E-state index contributed by atoms with van der Waals surface area (Å²) in [6.07, 6.45) is 14.2. The Morgan fingerprint density at radius 2 is 1.34 bits per heavy atom. The topological polar surface area (TPSA) is 88.5 Å². The molecule has 0 saturated heterocycles. The van der Waals surface area contributed by atoms with Crippen molar-refractivity contribution < 1.29 is 21.4 Å². The van der Waals surface area contributed by atoms with Gasteiger partial charge in [0.2, 0.25) is 10.3 Å². The van der Waals surface area contributed by atoms with Crippen LogP contribution in [-0.4, -0.2) is 26.3 Å². The van der Waals surface area contributed by atoms with Gasteiger partial charge in [0, 0.05) is 5.92 Å². The number of hydrogen-bond donors (Lipinski definition) is 1. The predicted molar refractivity (Wildman–Crippen MR) is 142 cm³/mol. The maximum Gasteiger partial charge on any atom is 0.295 e. The van der Waals surface area contributed by atoms with Crippen LogP contribution in [0.4, 0.5) is 0 Å². The SMILES string of the molecule is O=S(=O)=C1C=CC=CC1/C=C\c1ccc(-c2ccc(/C=C\c3ccccc3S(=O)(=O)O)cc2)cc1. The van der Waals surface area contributed by atoms with E-state index in [-0.39, 0.29) is 10.8 Å². The summed E-state index contributed by atoms with van der Waals surface area (Å²) in [7, 11) is -6.55. The van der Waals surface area contributed by atoms with Crippen molar-refractivity contribution >= 4 is 43.5 Å². The van der Waals surface area contributed by atoms with E-state index in [9.17, 15) is 21.4 Å². The van der Waals surface area contributed by atoms with Crippen LogP contribution >= 0.6 is 0 Å². The maximum atomic E-state index is 11.5. The second kappa shape index (κ2) is 10.7. The molecule has 1 unspecified atom stereocenters. The summed E-state index contributed by atoms with van der Waals surface area (Å²) >= 11 is 0. The third kappa shape index (κ3) is 6.22. The summed E-state index contributed by atoms with van der Waals surface area (Å²) in [5.41, 5.74) is 4.31. The van der Waals surface area contributed by atoms with Gasteiger partial charge in [0.05, 0.1) is 4.86 Å². The van der Waals surface area contributed by atoms with E-state index in [0.29, 0.717) is 10.4 Å². The van der Waals surface area contributed by atoms with E-state index in [2.05, 4.69) is 0 Å². The van der Waals surface area contributed by atoms with Crippen LogP contribution in [0.5, 0.6) is 0 Å². The van der Waals surface area contributed by atoms with Gasteiger partial charge in [-0.2, -0.15) is 16.8 Å². The molecule has 0 radical (unpaired) electrons. The van der Waals surface area contributed by atoms with E-state index < -0.39 is 20.4 Å². The van der Waals surface area contributed by atoms with Gasteiger partial charge in [0.25, 0.3) is 10.1 Å². The third-order valence-corrected chi connectivity index (χ3v) is 7.23. The molecule has 0 amide bonds. The summed E-state index contributed by atoms with van der Waals surface area (Å²) in [6.45, 7) is 0. The lowest BCUT2D eigenvalue weighted by molar-refractivity contribution is 0.483. The Bertz CT molecular complexity index is 1580. The summed E-state index contributed by atoms with van der Waals surface area (Å²) in [5.74, 6) is -0.275. The standard InChI is InChI=1S/C28H22O5S2/c29-34(30)27-7-3-1-5-25(27)19-13-21-9-15-23(16-10-21)24-17-11-22(12-18-24)14-20-26-6-2-4-8-28(26)35(31,32)33/h1-20,25H,(H,31,32,33)/b19-13-,20-14-. The molecule has 5 nitrogen and oxygen atoms in total. The maximum absolute atomic E-state index is 11.5. The van der Waals surface area contributed by atoms with Gasteiger partial charge in [-0.3, -0.25) is 4.55 Å². The van der Waals surface area contributed by atoms with Gasteiger partial charge in [0.15, 0.2) is 0 Å². The minimum atomic E-state index is -4.29. The highest BCUT2D eigenvalue weighted by Crippen LogP contribution is 2.23. The van der Waals surface area contributed by atoms with Crippen molar-refractivity contribution in [2.24, 2.45) is 5.92 Å². The minimum Gasteiger partial charge on any atom is -0.282 e.